The molecule has 0 saturated heterocycles. The van der Waals surface area contributed by atoms with E-state index in [0.717, 1.165) is 23.3 Å². The van der Waals surface area contributed by atoms with Gasteiger partial charge in [0.15, 0.2) is 0 Å². The third-order valence-electron chi connectivity index (χ3n) is 8.15. The van der Waals surface area contributed by atoms with Crippen molar-refractivity contribution >= 4 is 11.9 Å². The van der Waals surface area contributed by atoms with E-state index in [-0.39, 0.29) is 24.0 Å². The minimum absolute atomic E-state index is 0.0106. The molecule has 1 aromatic rings. The maximum absolute atomic E-state index is 11.9. The quantitative estimate of drug-likeness (QED) is 0.215. The van der Waals surface area contributed by atoms with Gasteiger partial charge in [0.2, 0.25) is 0 Å². The summed E-state index contributed by atoms with van der Waals surface area (Å²) in [5.74, 6) is 2.81. The molecule has 4 atom stereocenters. The summed E-state index contributed by atoms with van der Waals surface area (Å²) in [4.78, 5) is 23.6. The molecule has 2 saturated carbocycles. The predicted molar refractivity (Wildman–Crippen MR) is 148 cm³/mol. The molecule has 0 aliphatic heterocycles. The predicted octanol–water partition coefficient (Wildman–Crippen LogP) is 8.42. The van der Waals surface area contributed by atoms with Gasteiger partial charge in [-0.25, -0.2) is 0 Å². The molecule has 202 valence electrons. The van der Waals surface area contributed by atoms with E-state index >= 15 is 0 Å². The maximum Gasteiger partial charge on any atom is 0.311 e. The summed E-state index contributed by atoms with van der Waals surface area (Å²) in [6.45, 7) is 21.0. The van der Waals surface area contributed by atoms with E-state index in [2.05, 4.69) is 52.8 Å². The molecule has 2 fully saturated rings. The Morgan fingerprint density at radius 1 is 1.08 bits per heavy atom. The fourth-order valence-corrected chi connectivity index (χ4v) is 5.24. The lowest BCUT2D eigenvalue weighted by Crippen LogP contribution is -2.55. The summed E-state index contributed by atoms with van der Waals surface area (Å²) >= 11 is 0. The highest BCUT2D eigenvalue weighted by Gasteiger charge is 2.55. The van der Waals surface area contributed by atoms with Crippen molar-refractivity contribution in [2.24, 2.45) is 29.1 Å². The molecule has 4 nitrogen and oxygen atoms in total. The van der Waals surface area contributed by atoms with Crippen LogP contribution in [0.5, 0.6) is 5.75 Å². The molecule has 0 heterocycles. The van der Waals surface area contributed by atoms with Crippen LogP contribution in [0.1, 0.15) is 111 Å². The summed E-state index contributed by atoms with van der Waals surface area (Å²) in [6, 6.07) is 6.08. The zero-order valence-electron chi connectivity index (χ0n) is 24.4. The number of aryl methyl sites for hydroxylation is 1. The van der Waals surface area contributed by atoms with Gasteiger partial charge in [-0.2, -0.15) is 0 Å². The van der Waals surface area contributed by atoms with Crippen LogP contribution < -0.4 is 4.74 Å². The molecule has 0 radical (unpaired) electrons. The van der Waals surface area contributed by atoms with E-state index in [1.807, 2.05) is 40.7 Å². The zero-order chi connectivity index (χ0) is 27.2. The molecule has 4 heteroatoms. The summed E-state index contributed by atoms with van der Waals surface area (Å²) in [5.41, 5.74) is 3.95. The molecule has 4 unspecified atom stereocenters. The van der Waals surface area contributed by atoms with E-state index in [0.29, 0.717) is 35.5 Å². The molecule has 4 aliphatic rings. The Kier molecular flexibility index (Phi) is 10.8. The van der Waals surface area contributed by atoms with Crippen molar-refractivity contribution in [1.29, 1.82) is 0 Å². The Morgan fingerprint density at radius 2 is 1.72 bits per heavy atom. The second-order valence-electron chi connectivity index (χ2n) is 11.7. The highest BCUT2D eigenvalue weighted by atomic mass is 16.5. The fourth-order valence-electron chi connectivity index (χ4n) is 5.24. The Morgan fingerprint density at radius 3 is 2.22 bits per heavy atom. The number of ether oxygens (including phenoxy) is 2. The average Bonchev–Trinajstić information content (AvgIpc) is 3.63. The first-order chi connectivity index (χ1) is 16.9. The number of allylic oxidation sites excluding steroid dienone is 1. The van der Waals surface area contributed by atoms with Crippen LogP contribution in [0, 0.1) is 36.0 Å². The summed E-state index contributed by atoms with van der Waals surface area (Å²) < 4.78 is 11.2. The van der Waals surface area contributed by atoms with E-state index in [1.54, 1.807) is 0 Å². The van der Waals surface area contributed by atoms with Gasteiger partial charge in [0.1, 0.15) is 11.9 Å². The minimum atomic E-state index is -0.0833. The minimum Gasteiger partial charge on any atom is -0.458 e. The molecule has 0 aromatic heterocycles. The first-order valence-electron chi connectivity index (χ1n) is 14.1. The van der Waals surface area contributed by atoms with Crippen molar-refractivity contribution in [2.75, 3.05) is 0 Å². The van der Waals surface area contributed by atoms with Crippen LogP contribution in [0.4, 0.5) is 0 Å². The lowest BCUT2D eigenvalue weighted by Gasteiger charge is -2.58. The fraction of sp³-hybridized carbons (Fsp3) is 0.688. The Bertz CT molecular complexity index is 922. The number of hydrogen-bond donors (Lipinski definition) is 0. The van der Waals surface area contributed by atoms with Crippen molar-refractivity contribution in [3.05, 3.63) is 41.0 Å². The molecule has 2 bridgehead atoms. The van der Waals surface area contributed by atoms with Crippen molar-refractivity contribution in [3.63, 3.8) is 0 Å². The molecular formula is C32H50O4. The molecular weight excluding hydrogens is 448 g/mol. The van der Waals surface area contributed by atoms with Crippen molar-refractivity contribution in [2.45, 2.75) is 113 Å². The smallest absolute Gasteiger partial charge is 0.311 e. The van der Waals surface area contributed by atoms with Gasteiger partial charge in [-0.3, -0.25) is 9.59 Å². The van der Waals surface area contributed by atoms with Crippen LogP contribution in [-0.2, 0) is 14.3 Å². The Labute approximate surface area is 220 Å². The lowest BCUT2D eigenvalue weighted by atomic mass is 9.48. The van der Waals surface area contributed by atoms with Crippen molar-refractivity contribution in [3.8, 4) is 5.75 Å². The van der Waals surface area contributed by atoms with Crippen LogP contribution in [-0.4, -0.2) is 18.0 Å². The molecule has 0 spiro atoms. The van der Waals surface area contributed by atoms with E-state index in [4.69, 9.17) is 9.47 Å². The van der Waals surface area contributed by atoms with Gasteiger partial charge in [-0.15, -0.1) is 0 Å². The van der Waals surface area contributed by atoms with Crippen LogP contribution in [0.25, 0.3) is 0 Å². The highest BCUT2D eigenvalue weighted by molar-refractivity contribution is 5.73. The standard InChI is InChI=1S/C15H20O2.C15H24O2.C2H6/c1-10(2)13-7-4-11(3)8-14(13)17-15(16)9-12-5-6-12;1-6-9(2)14(16)17-13-7-10(3)11-8-12(13)15(11,4)5;1-2/h4,7-8,10,12H,5-6,9H2,1-3H3;7,9,11-13H,6,8H2,1-5H3;1-2H3. The SMILES string of the molecule is CC.CCC(C)C(=O)OC1C=C(C)C2CC1C2(C)C.Cc1ccc(C(C)C)c(OC(=O)CC2CC2)c1. The summed E-state index contributed by atoms with van der Waals surface area (Å²) in [6.07, 6.45) is 7.16. The van der Waals surface area contributed by atoms with Crippen LogP contribution in [0.15, 0.2) is 29.8 Å². The van der Waals surface area contributed by atoms with Crippen molar-refractivity contribution in [1.82, 2.24) is 0 Å². The second-order valence-corrected chi connectivity index (χ2v) is 11.7. The Hall–Kier alpha value is -2.10. The molecule has 36 heavy (non-hydrogen) atoms. The summed E-state index contributed by atoms with van der Waals surface area (Å²) in [5, 5.41) is 0. The van der Waals surface area contributed by atoms with Gasteiger partial charge in [0.05, 0.1) is 5.92 Å². The zero-order valence-corrected chi connectivity index (χ0v) is 24.4. The topological polar surface area (TPSA) is 52.6 Å². The number of carbonyl (C=O) groups is 2. The first-order valence-corrected chi connectivity index (χ1v) is 14.1. The summed E-state index contributed by atoms with van der Waals surface area (Å²) in [7, 11) is 0. The largest absolute Gasteiger partial charge is 0.458 e. The Balaban J connectivity index is 0.000000237. The highest BCUT2D eigenvalue weighted by Crippen LogP contribution is 2.59. The van der Waals surface area contributed by atoms with Gasteiger partial charge >= 0.3 is 11.9 Å². The number of rotatable bonds is 7. The van der Waals surface area contributed by atoms with E-state index in [9.17, 15) is 9.59 Å². The number of hydrogen-bond acceptors (Lipinski definition) is 4. The normalized spacial score (nSPS) is 24.1. The van der Waals surface area contributed by atoms with Gasteiger partial charge < -0.3 is 9.47 Å². The third kappa shape index (κ3) is 7.46. The monoisotopic (exact) mass is 498 g/mol. The van der Waals surface area contributed by atoms with Gasteiger partial charge in [-0.05, 0) is 86.0 Å². The average molecular weight is 499 g/mol. The number of fused-ring (bicyclic) bond motifs is 1. The van der Waals surface area contributed by atoms with Crippen LogP contribution in [0.2, 0.25) is 0 Å². The van der Waals surface area contributed by atoms with Crippen molar-refractivity contribution < 1.29 is 19.1 Å². The second kappa shape index (κ2) is 12.9. The van der Waals surface area contributed by atoms with E-state index in [1.165, 1.54) is 24.8 Å². The molecule has 5 rings (SSSR count). The molecule has 1 aromatic carbocycles. The van der Waals surface area contributed by atoms with Crippen LogP contribution >= 0.6 is 0 Å². The molecule has 0 amide bonds. The third-order valence-corrected chi connectivity index (χ3v) is 8.15. The lowest BCUT2D eigenvalue weighted by molar-refractivity contribution is -0.165. The number of benzene rings is 1. The van der Waals surface area contributed by atoms with E-state index < -0.39 is 0 Å². The van der Waals surface area contributed by atoms with Gasteiger partial charge in [0.25, 0.3) is 0 Å². The maximum atomic E-state index is 11.9. The first kappa shape index (κ1) is 30.1. The number of carbonyl (C=O) groups excluding carboxylic acids is 2. The molecule has 0 N–H and O–H groups in total. The molecule has 4 aliphatic carbocycles. The van der Waals surface area contributed by atoms with Gasteiger partial charge in [-0.1, -0.05) is 73.1 Å². The number of esters is 2. The van der Waals surface area contributed by atoms with Gasteiger partial charge in [0, 0.05) is 12.3 Å². The van der Waals surface area contributed by atoms with Crippen LogP contribution in [0.3, 0.4) is 0 Å².